The van der Waals surface area contributed by atoms with Crippen LogP contribution in [-0.2, 0) is 11.4 Å². The number of nitrogens with two attached hydrogens (primary N) is 1. The van der Waals surface area contributed by atoms with Crippen molar-refractivity contribution in [1.82, 2.24) is 14.8 Å². The number of pyridine rings is 1. The minimum absolute atomic E-state index is 0.301. The Labute approximate surface area is 81.1 Å². The zero-order valence-corrected chi connectivity index (χ0v) is 7.50. The number of rotatable bonds is 3. The molecular formula is C9H10N4O. The van der Waals surface area contributed by atoms with Gasteiger partial charge in [0.25, 0.3) is 0 Å². The van der Waals surface area contributed by atoms with Gasteiger partial charge in [0.2, 0.25) is 0 Å². The zero-order chi connectivity index (χ0) is 9.80. The van der Waals surface area contributed by atoms with Crippen LogP contribution in [0.4, 0.5) is 0 Å². The molecule has 0 saturated heterocycles. The lowest BCUT2D eigenvalue weighted by atomic mass is 10.3. The standard InChI is InChI=1S/C9H10N4O/c10-14-7-8-3-1-4-9(12-8)13-6-2-5-11-13/h1-6H,7,10H2. The highest BCUT2D eigenvalue weighted by Gasteiger charge is 1.99. The molecule has 5 nitrogen and oxygen atoms in total. The molecule has 0 radical (unpaired) electrons. The van der Waals surface area contributed by atoms with Gasteiger partial charge in [0, 0.05) is 12.4 Å². The van der Waals surface area contributed by atoms with Gasteiger partial charge in [0.15, 0.2) is 5.82 Å². The highest BCUT2D eigenvalue weighted by atomic mass is 16.6. The quantitative estimate of drug-likeness (QED) is 0.722. The molecule has 0 atom stereocenters. The van der Waals surface area contributed by atoms with Crippen LogP contribution in [0.3, 0.4) is 0 Å². The fraction of sp³-hybridized carbons (Fsp3) is 0.111. The van der Waals surface area contributed by atoms with Crippen LogP contribution >= 0.6 is 0 Å². The van der Waals surface area contributed by atoms with E-state index in [2.05, 4.69) is 14.9 Å². The molecule has 0 fully saturated rings. The predicted molar refractivity (Wildman–Crippen MR) is 50.3 cm³/mol. The predicted octanol–water partition coefficient (Wildman–Crippen LogP) is 0.658. The van der Waals surface area contributed by atoms with Gasteiger partial charge < -0.3 is 0 Å². The Kier molecular flexibility index (Phi) is 2.53. The number of hydrogen-bond donors (Lipinski definition) is 1. The molecule has 0 aliphatic carbocycles. The van der Waals surface area contributed by atoms with Crippen molar-refractivity contribution < 1.29 is 4.84 Å². The van der Waals surface area contributed by atoms with Gasteiger partial charge in [-0.1, -0.05) is 6.07 Å². The van der Waals surface area contributed by atoms with Crippen LogP contribution in [0.5, 0.6) is 0 Å². The molecule has 5 heteroatoms. The summed E-state index contributed by atoms with van der Waals surface area (Å²) >= 11 is 0. The summed E-state index contributed by atoms with van der Waals surface area (Å²) in [6, 6.07) is 7.44. The summed E-state index contributed by atoms with van der Waals surface area (Å²) in [5.41, 5.74) is 0.778. The van der Waals surface area contributed by atoms with Gasteiger partial charge in [-0.3, -0.25) is 4.84 Å². The third-order valence-corrected chi connectivity index (χ3v) is 1.76. The molecule has 2 rings (SSSR count). The van der Waals surface area contributed by atoms with Crippen LogP contribution in [0.1, 0.15) is 5.69 Å². The molecule has 0 aliphatic rings. The van der Waals surface area contributed by atoms with Gasteiger partial charge in [-0.25, -0.2) is 15.6 Å². The van der Waals surface area contributed by atoms with E-state index in [-0.39, 0.29) is 0 Å². The van der Waals surface area contributed by atoms with Crippen molar-refractivity contribution in [2.75, 3.05) is 0 Å². The first-order chi connectivity index (χ1) is 6.90. The maximum atomic E-state index is 4.97. The maximum absolute atomic E-state index is 4.97. The monoisotopic (exact) mass is 190 g/mol. The van der Waals surface area contributed by atoms with E-state index >= 15 is 0 Å². The van der Waals surface area contributed by atoms with Crippen LogP contribution in [-0.4, -0.2) is 14.8 Å². The summed E-state index contributed by atoms with van der Waals surface area (Å²) in [7, 11) is 0. The van der Waals surface area contributed by atoms with Crippen molar-refractivity contribution >= 4 is 0 Å². The maximum Gasteiger partial charge on any atom is 0.153 e. The van der Waals surface area contributed by atoms with Crippen molar-refractivity contribution in [3.8, 4) is 5.82 Å². The normalized spacial score (nSPS) is 10.4. The Hall–Kier alpha value is -1.72. The van der Waals surface area contributed by atoms with Gasteiger partial charge in [-0.2, -0.15) is 5.10 Å². The second-order valence-electron chi connectivity index (χ2n) is 2.75. The minimum Gasteiger partial charge on any atom is -0.298 e. The van der Waals surface area contributed by atoms with E-state index in [1.165, 1.54) is 0 Å². The first kappa shape index (κ1) is 8.86. The SMILES string of the molecule is NOCc1cccc(-n2cccn2)n1. The van der Waals surface area contributed by atoms with Crippen LogP contribution in [0, 0.1) is 0 Å². The van der Waals surface area contributed by atoms with E-state index in [9.17, 15) is 0 Å². The smallest absolute Gasteiger partial charge is 0.153 e. The summed E-state index contributed by atoms with van der Waals surface area (Å²) < 4.78 is 1.68. The molecule has 0 unspecified atom stereocenters. The Morgan fingerprint density at radius 3 is 3.00 bits per heavy atom. The van der Waals surface area contributed by atoms with Gasteiger partial charge in [0.05, 0.1) is 5.69 Å². The third kappa shape index (κ3) is 1.78. The average molecular weight is 190 g/mol. The van der Waals surface area contributed by atoms with E-state index < -0.39 is 0 Å². The summed E-state index contributed by atoms with van der Waals surface area (Å²) in [5, 5.41) is 4.07. The largest absolute Gasteiger partial charge is 0.298 e. The number of hydrogen-bond acceptors (Lipinski definition) is 4. The van der Waals surface area contributed by atoms with E-state index in [1.807, 2.05) is 30.5 Å². The van der Waals surface area contributed by atoms with Crippen molar-refractivity contribution in [3.63, 3.8) is 0 Å². The molecule has 0 saturated carbocycles. The molecule has 0 aromatic carbocycles. The summed E-state index contributed by atoms with van der Waals surface area (Å²) in [6.45, 7) is 0.301. The van der Waals surface area contributed by atoms with Gasteiger partial charge in [-0.05, 0) is 18.2 Å². The number of aromatic nitrogens is 3. The van der Waals surface area contributed by atoms with Crippen LogP contribution in [0.25, 0.3) is 5.82 Å². The highest BCUT2D eigenvalue weighted by molar-refractivity contribution is 5.23. The molecule has 2 N–H and O–H groups in total. The second-order valence-corrected chi connectivity index (χ2v) is 2.75. The van der Waals surface area contributed by atoms with Crippen LogP contribution < -0.4 is 5.90 Å². The van der Waals surface area contributed by atoms with Gasteiger partial charge in [0.1, 0.15) is 6.61 Å². The van der Waals surface area contributed by atoms with Crippen molar-refractivity contribution in [2.45, 2.75) is 6.61 Å². The van der Waals surface area contributed by atoms with Crippen LogP contribution in [0.15, 0.2) is 36.7 Å². The third-order valence-electron chi connectivity index (χ3n) is 1.76. The summed E-state index contributed by atoms with van der Waals surface area (Å²) in [6.07, 6.45) is 3.53. The Morgan fingerprint density at radius 2 is 2.29 bits per heavy atom. The van der Waals surface area contributed by atoms with Crippen molar-refractivity contribution in [1.29, 1.82) is 0 Å². The highest BCUT2D eigenvalue weighted by Crippen LogP contribution is 2.04. The van der Waals surface area contributed by atoms with Crippen molar-refractivity contribution in [3.05, 3.63) is 42.4 Å². The summed E-state index contributed by atoms with van der Waals surface area (Å²) in [4.78, 5) is 8.81. The molecule has 14 heavy (non-hydrogen) atoms. The Bertz CT molecular complexity index is 399. The molecule has 72 valence electrons. The van der Waals surface area contributed by atoms with Crippen molar-refractivity contribution in [2.24, 2.45) is 5.90 Å². The minimum atomic E-state index is 0.301. The molecule has 0 aliphatic heterocycles. The lowest BCUT2D eigenvalue weighted by Gasteiger charge is -2.02. The van der Waals surface area contributed by atoms with Gasteiger partial charge in [-0.15, -0.1) is 0 Å². The van der Waals surface area contributed by atoms with E-state index in [0.717, 1.165) is 11.5 Å². The molecule has 2 heterocycles. The Morgan fingerprint density at radius 1 is 1.36 bits per heavy atom. The molecule has 0 amide bonds. The zero-order valence-electron chi connectivity index (χ0n) is 7.50. The molecular weight excluding hydrogens is 180 g/mol. The fourth-order valence-corrected chi connectivity index (χ4v) is 1.16. The summed E-state index contributed by atoms with van der Waals surface area (Å²) in [5.74, 6) is 5.72. The lowest BCUT2D eigenvalue weighted by molar-refractivity contribution is 0.121. The molecule has 0 spiro atoms. The van der Waals surface area contributed by atoms with E-state index in [1.54, 1.807) is 10.9 Å². The first-order valence-electron chi connectivity index (χ1n) is 4.18. The van der Waals surface area contributed by atoms with Gasteiger partial charge >= 0.3 is 0 Å². The fourth-order valence-electron chi connectivity index (χ4n) is 1.16. The van der Waals surface area contributed by atoms with Crippen LogP contribution in [0.2, 0.25) is 0 Å². The van der Waals surface area contributed by atoms with E-state index in [4.69, 9.17) is 5.90 Å². The van der Waals surface area contributed by atoms with E-state index in [0.29, 0.717) is 6.61 Å². The Balaban J connectivity index is 2.31. The first-order valence-corrected chi connectivity index (χ1v) is 4.18. The molecule has 2 aromatic rings. The number of nitrogens with zero attached hydrogens (tertiary/aromatic N) is 3. The second kappa shape index (κ2) is 3.99. The molecule has 0 bridgehead atoms. The molecule has 2 aromatic heterocycles. The lowest BCUT2D eigenvalue weighted by Crippen LogP contribution is -2.04. The topological polar surface area (TPSA) is 66.0 Å². The average Bonchev–Trinajstić information content (AvgIpc) is 2.71.